The molecule has 2 rings (SSSR count). The predicted molar refractivity (Wildman–Crippen MR) is 71.1 cm³/mol. The largest absolute Gasteiger partial charge is 0.396 e. The van der Waals surface area contributed by atoms with Crippen LogP contribution in [0.1, 0.15) is 18.9 Å². The summed E-state index contributed by atoms with van der Waals surface area (Å²) in [6.45, 7) is 2.79. The molecule has 3 nitrogen and oxygen atoms in total. The minimum Gasteiger partial charge on any atom is -0.396 e. The number of aliphatic hydroxyl groups excluding tert-OH is 1. The van der Waals surface area contributed by atoms with Crippen LogP contribution in [-0.4, -0.2) is 24.2 Å². The number of anilines is 1. The lowest BCUT2D eigenvalue weighted by atomic mass is 10.1. The third-order valence-corrected chi connectivity index (χ3v) is 3.67. The standard InChI is InChI=1S/C13H16BrNO2/c1-2-10-6-11(14)3-4-12(10)15-7-9(8-16)5-13(15)17/h3-4,6,9,16H,2,5,7-8H2,1H3. The lowest BCUT2D eigenvalue weighted by Gasteiger charge is -2.20. The molecule has 1 N–H and O–H groups in total. The van der Waals surface area contributed by atoms with Gasteiger partial charge in [0.2, 0.25) is 5.91 Å². The number of benzene rings is 1. The first kappa shape index (κ1) is 12.6. The van der Waals surface area contributed by atoms with Crippen LogP contribution in [0.2, 0.25) is 0 Å². The Kier molecular flexibility index (Phi) is 3.84. The molecule has 1 saturated heterocycles. The van der Waals surface area contributed by atoms with E-state index < -0.39 is 0 Å². The maximum absolute atomic E-state index is 11.9. The summed E-state index contributed by atoms with van der Waals surface area (Å²) in [6, 6.07) is 5.98. The molecule has 1 aromatic carbocycles. The average molecular weight is 298 g/mol. The molecule has 1 atom stereocenters. The number of hydrogen-bond acceptors (Lipinski definition) is 2. The van der Waals surface area contributed by atoms with Crippen molar-refractivity contribution in [3.63, 3.8) is 0 Å². The minimum atomic E-state index is 0.0795. The summed E-state index contributed by atoms with van der Waals surface area (Å²) in [5, 5.41) is 9.13. The number of hydrogen-bond donors (Lipinski definition) is 1. The fourth-order valence-electron chi connectivity index (χ4n) is 2.24. The first-order chi connectivity index (χ1) is 8.15. The first-order valence-electron chi connectivity index (χ1n) is 5.85. The number of amides is 1. The van der Waals surface area contributed by atoms with Gasteiger partial charge in [0.1, 0.15) is 0 Å². The van der Waals surface area contributed by atoms with Crippen LogP contribution in [0.5, 0.6) is 0 Å². The van der Waals surface area contributed by atoms with Crippen molar-refractivity contribution >= 4 is 27.5 Å². The summed E-state index contributed by atoms with van der Waals surface area (Å²) in [6.07, 6.45) is 1.35. The van der Waals surface area contributed by atoms with Gasteiger partial charge >= 0.3 is 0 Å². The van der Waals surface area contributed by atoms with Gasteiger partial charge in [0, 0.05) is 35.7 Å². The second-order valence-electron chi connectivity index (χ2n) is 4.38. The summed E-state index contributed by atoms with van der Waals surface area (Å²) in [5.74, 6) is 0.192. The molecule has 4 heteroatoms. The van der Waals surface area contributed by atoms with Crippen LogP contribution in [0.4, 0.5) is 5.69 Å². The van der Waals surface area contributed by atoms with Crippen LogP contribution in [0.3, 0.4) is 0 Å². The van der Waals surface area contributed by atoms with Gasteiger partial charge < -0.3 is 10.0 Å². The SMILES string of the molecule is CCc1cc(Br)ccc1N1CC(CO)CC1=O. The van der Waals surface area contributed by atoms with Crippen LogP contribution >= 0.6 is 15.9 Å². The van der Waals surface area contributed by atoms with E-state index in [0.717, 1.165) is 22.1 Å². The second kappa shape index (κ2) is 5.19. The Morgan fingerprint density at radius 1 is 1.53 bits per heavy atom. The number of rotatable bonds is 3. The molecule has 0 aliphatic carbocycles. The van der Waals surface area contributed by atoms with Crippen LogP contribution in [-0.2, 0) is 11.2 Å². The number of halogens is 1. The Bertz CT molecular complexity index is 433. The number of aryl methyl sites for hydroxylation is 1. The van der Waals surface area contributed by atoms with Gasteiger partial charge in [-0.25, -0.2) is 0 Å². The number of aliphatic hydroxyl groups is 1. The highest BCUT2D eigenvalue weighted by molar-refractivity contribution is 9.10. The Morgan fingerprint density at radius 3 is 2.88 bits per heavy atom. The van der Waals surface area contributed by atoms with Crippen LogP contribution < -0.4 is 4.90 Å². The molecule has 0 spiro atoms. The summed E-state index contributed by atoms with van der Waals surface area (Å²) in [5.41, 5.74) is 2.14. The van der Waals surface area contributed by atoms with E-state index >= 15 is 0 Å². The molecule has 17 heavy (non-hydrogen) atoms. The molecular weight excluding hydrogens is 282 g/mol. The van der Waals surface area contributed by atoms with Gasteiger partial charge in [-0.05, 0) is 30.2 Å². The first-order valence-corrected chi connectivity index (χ1v) is 6.64. The molecule has 1 aliphatic rings. The Balaban J connectivity index is 2.31. The van der Waals surface area contributed by atoms with Gasteiger partial charge in [-0.1, -0.05) is 22.9 Å². The van der Waals surface area contributed by atoms with Crippen molar-refractivity contribution in [2.24, 2.45) is 5.92 Å². The van der Waals surface area contributed by atoms with E-state index in [2.05, 4.69) is 28.9 Å². The van der Waals surface area contributed by atoms with Gasteiger partial charge in [-0.2, -0.15) is 0 Å². The fraction of sp³-hybridized carbons (Fsp3) is 0.462. The van der Waals surface area contributed by atoms with Crippen molar-refractivity contribution in [2.45, 2.75) is 19.8 Å². The van der Waals surface area contributed by atoms with E-state index in [1.54, 1.807) is 4.90 Å². The normalized spacial score (nSPS) is 20.1. The maximum Gasteiger partial charge on any atom is 0.227 e. The third-order valence-electron chi connectivity index (χ3n) is 3.18. The lowest BCUT2D eigenvalue weighted by Crippen LogP contribution is -2.26. The molecule has 1 fully saturated rings. The van der Waals surface area contributed by atoms with E-state index in [9.17, 15) is 4.79 Å². The van der Waals surface area contributed by atoms with Crippen molar-refractivity contribution < 1.29 is 9.90 Å². The van der Waals surface area contributed by atoms with Crippen LogP contribution in [0.15, 0.2) is 22.7 Å². The number of nitrogens with zero attached hydrogens (tertiary/aromatic N) is 1. The van der Waals surface area contributed by atoms with Gasteiger partial charge in [0.25, 0.3) is 0 Å². The van der Waals surface area contributed by atoms with Crippen LogP contribution in [0, 0.1) is 5.92 Å². The predicted octanol–water partition coefficient (Wildman–Crippen LogP) is 2.36. The smallest absolute Gasteiger partial charge is 0.227 e. The van der Waals surface area contributed by atoms with Crippen molar-refractivity contribution in [2.75, 3.05) is 18.1 Å². The second-order valence-corrected chi connectivity index (χ2v) is 5.30. The number of carbonyl (C=O) groups excluding carboxylic acids is 1. The van der Waals surface area contributed by atoms with Gasteiger partial charge in [0.15, 0.2) is 0 Å². The molecule has 1 amide bonds. The Labute approximate surface area is 110 Å². The van der Waals surface area contributed by atoms with Gasteiger partial charge in [-0.3, -0.25) is 4.79 Å². The van der Waals surface area contributed by atoms with Crippen molar-refractivity contribution in [1.82, 2.24) is 0 Å². The highest BCUT2D eigenvalue weighted by atomic mass is 79.9. The summed E-state index contributed by atoms with van der Waals surface area (Å²) in [7, 11) is 0. The molecule has 1 aliphatic heterocycles. The molecular formula is C13H16BrNO2. The minimum absolute atomic E-state index is 0.0795. The van der Waals surface area contributed by atoms with Crippen molar-refractivity contribution in [1.29, 1.82) is 0 Å². The molecule has 0 aromatic heterocycles. The Morgan fingerprint density at radius 2 is 2.29 bits per heavy atom. The highest BCUT2D eigenvalue weighted by Crippen LogP contribution is 2.30. The zero-order valence-corrected chi connectivity index (χ0v) is 11.4. The quantitative estimate of drug-likeness (QED) is 0.930. The maximum atomic E-state index is 11.9. The van der Waals surface area contributed by atoms with E-state index in [1.807, 2.05) is 12.1 Å². The monoisotopic (exact) mass is 297 g/mol. The zero-order valence-electron chi connectivity index (χ0n) is 9.82. The van der Waals surface area contributed by atoms with Crippen molar-refractivity contribution in [3.8, 4) is 0 Å². The molecule has 0 bridgehead atoms. The van der Waals surface area contributed by atoms with E-state index in [-0.39, 0.29) is 18.4 Å². The highest BCUT2D eigenvalue weighted by Gasteiger charge is 2.30. The molecule has 0 radical (unpaired) electrons. The average Bonchev–Trinajstić information content (AvgIpc) is 2.70. The molecule has 1 aromatic rings. The summed E-state index contributed by atoms with van der Waals surface area (Å²) in [4.78, 5) is 13.7. The van der Waals surface area contributed by atoms with Crippen LogP contribution in [0.25, 0.3) is 0 Å². The summed E-state index contributed by atoms with van der Waals surface area (Å²) >= 11 is 3.44. The molecule has 1 heterocycles. The van der Waals surface area contributed by atoms with Gasteiger partial charge in [0.05, 0.1) is 0 Å². The van der Waals surface area contributed by atoms with Gasteiger partial charge in [-0.15, -0.1) is 0 Å². The summed E-state index contributed by atoms with van der Waals surface area (Å²) < 4.78 is 1.03. The fourth-order valence-corrected chi connectivity index (χ4v) is 2.65. The Hall–Kier alpha value is -0.870. The number of carbonyl (C=O) groups is 1. The molecule has 0 saturated carbocycles. The van der Waals surface area contributed by atoms with E-state index in [4.69, 9.17) is 5.11 Å². The van der Waals surface area contributed by atoms with E-state index in [0.29, 0.717) is 13.0 Å². The lowest BCUT2D eigenvalue weighted by molar-refractivity contribution is -0.117. The van der Waals surface area contributed by atoms with E-state index in [1.165, 1.54) is 0 Å². The molecule has 1 unspecified atom stereocenters. The molecule has 92 valence electrons. The topological polar surface area (TPSA) is 40.5 Å². The van der Waals surface area contributed by atoms with Crippen molar-refractivity contribution in [3.05, 3.63) is 28.2 Å². The zero-order chi connectivity index (χ0) is 12.4. The third kappa shape index (κ3) is 2.53.